The highest BCUT2D eigenvalue weighted by atomic mass is 35.5. The molecule has 2 heterocycles. The second-order valence-electron chi connectivity index (χ2n) is 4.81. The van der Waals surface area contributed by atoms with Crippen molar-refractivity contribution in [3.05, 3.63) is 24.4 Å². The summed E-state index contributed by atoms with van der Waals surface area (Å²) in [6, 6.07) is 6.29. The lowest BCUT2D eigenvalue weighted by molar-refractivity contribution is 0.174. The number of fused-ring (bicyclic) bond motifs is 2. The van der Waals surface area contributed by atoms with Gasteiger partial charge >= 0.3 is 0 Å². The van der Waals surface area contributed by atoms with Crippen molar-refractivity contribution in [2.75, 3.05) is 18.0 Å². The van der Waals surface area contributed by atoms with Gasteiger partial charge in [0.2, 0.25) is 6.79 Å². The molecule has 1 aliphatic heterocycles. The Kier molecular flexibility index (Phi) is 3.83. The number of benzene rings is 1. The van der Waals surface area contributed by atoms with Gasteiger partial charge in [0.15, 0.2) is 11.5 Å². The Labute approximate surface area is 123 Å². The molecule has 3 rings (SSSR count). The van der Waals surface area contributed by atoms with Gasteiger partial charge in [-0.3, -0.25) is 0 Å². The summed E-state index contributed by atoms with van der Waals surface area (Å²) < 4.78 is 10.8. The van der Waals surface area contributed by atoms with Crippen LogP contribution in [-0.2, 0) is 0 Å². The number of pyridine rings is 1. The maximum Gasteiger partial charge on any atom is 0.231 e. The fourth-order valence-electron chi connectivity index (χ4n) is 2.38. The smallest absolute Gasteiger partial charge is 0.231 e. The van der Waals surface area contributed by atoms with Crippen LogP contribution in [0.2, 0.25) is 0 Å². The molecule has 20 heavy (non-hydrogen) atoms. The topological polar surface area (TPSA) is 43.4 Å². The SMILES string of the molecule is CCC(CCCl)Nc1nccc2cc3c(cc12)OCO3. The molecule has 1 atom stereocenters. The number of aromatic nitrogens is 1. The minimum Gasteiger partial charge on any atom is -0.454 e. The molecular formula is C15H17ClN2O2. The molecule has 0 aliphatic carbocycles. The Hall–Kier alpha value is -1.68. The molecule has 0 spiro atoms. The molecule has 0 saturated carbocycles. The highest BCUT2D eigenvalue weighted by molar-refractivity contribution is 6.17. The molecule has 1 N–H and O–H groups in total. The van der Waals surface area contributed by atoms with Crippen molar-refractivity contribution in [3.63, 3.8) is 0 Å². The zero-order chi connectivity index (χ0) is 13.9. The van der Waals surface area contributed by atoms with E-state index in [0.717, 1.165) is 40.9 Å². The first kappa shape index (κ1) is 13.3. The molecule has 5 heteroatoms. The van der Waals surface area contributed by atoms with Crippen molar-refractivity contribution in [1.82, 2.24) is 4.98 Å². The Morgan fingerprint density at radius 3 is 2.90 bits per heavy atom. The average molecular weight is 293 g/mol. The molecule has 1 unspecified atom stereocenters. The monoisotopic (exact) mass is 292 g/mol. The lowest BCUT2D eigenvalue weighted by Crippen LogP contribution is -2.19. The molecule has 1 aliphatic rings. The predicted octanol–water partition coefficient (Wildman–Crippen LogP) is 3.78. The highest BCUT2D eigenvalue weighted by Crippen LogP contribution is 2.37. The number of hydrogen-bond donors (Lipinski definition) is 1. The van der Waals surface area contributed by atoms with Crippen LogP contribution in [0.3, 0.4) is 0 Å². The van der Waals surface area contributed by atoms with Crippen molar-refractivity contribution >= 4 is 28.2 Å². The molecule has 4 nitrogen and oxygen atoms in total. The second-order valence-corrected chi connectivity index (χ2v) is 5.19. The summed E-state index contributed by atoms with van der Waals surface area (Å²) in [5.74, 6) is 3.09. The Morgan fingerprint density at radius 1 is 1.35 bits per heavy atom. The van der Waals surface area contributed by atoms with Gasteiger partial charge in [0.25, 0.3) is 0 Å². The first-order valence-corrected chi connectivity index (χ1v) is 7.36. The van der Waals surface area contributed by atoms with Gasteiger partial charge in [-0.15, -0.1) is 11.6 Å². The van der Waals surface area contributed by atoms with Crippen LogP contribution < -0.4 is 14.8 Å². The van der Waals surface area contributed by atoms with Crippen molar-refractivity contribution in [3.8, 4) is 11.5 Å². The molecular weight excluding hydrogens is 276 g/mol. The number of nitrogens with one attached hydrogen (secondary N) is 1. The maximum atomic E-state index is 5.84. The van der Waals surface area contributed by atoms with E-state index in [1.54, 1.807) is 6.20 Å². The van der Waals surface area contributed by atoms with Gasteiger partial charge in [-0.25, -0.2) is 4.98 Å². The summed E-state index contributed by atoms with van der Waals surface area (Å²) in [5, 5.41) is 5.61. The third kappa shape index (κ3) is 2.48. The minimum atomic E-state index is 0.283. The van der Waals surface area contributed by atoms with E-state index in [2.05, 4.69) is 17.2 Å². The molecule has 0 fully saturated rings. The first-order valence-electron chi connectivity index (χ1n) is 6.82. The van der Waals surface area contributed by atoms with E-state index in [1.807, 2.05) is 18.2 Å². The largest absolute Gasteiger partial charge is 0.454 e. The number of ether oxygens (including phenoxy) is 2. The van der Waals surface area contributed by atoms with E-state index in [-0.39, 0.29) is 6.79 Å². The standard InChI is InChI=1S/C15H17ClN2O2/c1-2-11(3-5-16)18-15-12-8-14-13(19-9-20-14)7-10(12)4-6-17-15/h4,6-8,11H,2-3,5,9H2,1H3,(H,17,18). The molecule has 0 bridgehead atoms. The maximum absolute atomic E-state index is 5.84. The molecule has 1 aromatic heterocycles. The zero-order valence-corrected chi connectivity index (χ0v) is 12.1. The summed E-state index contributed by atoms with van der Waals surface area (Å²) in [6.45, 7) is 2.43. The van der Waals surface area contributed by atoms with E-state index in [0.29, 0.717) is 11.9 Å². The van der Waals surface area contributed by atoms with Crippen LogP contribution in [0.4, 0.5) is 5.82 Å². The van der Waals surface area contributed by atoms with Gasteiger partial charge in [0.1, 0.15) is 5.82 Å². The Morgan fingerprint density at radius 2 is 2.15 bits per heavy atom. The van der Waals surface area contributed by atoms with E-state index < -0.39 is 0 Å². The van der Waals surface area contributed by atoms with Crippen molar-refractivity contribution < 1.29 is 9.47 Å². The highest BCUT2D eigenvalue weighted by Gasteiger charge is 2.16. The van der Waals surface area contributed by atoms with E-state index in [4.69, 9.17) is 21.1 Å². The summed E-state index contributed by atoms with van der Waals surface area (Å²) in [6.07, 6.45) is 3.73. The van der Waals surface area contributed by atoms with Crippen LogP contribution in [0.1, 0.15) is 19.8 Å². The number of anilines is 1. The van der Waals surface area contributed by atoms with E-state index in [9.17, 15) is 0 Å². The summed E-state index contributed by atoms with van der Waals surface area (Å²) >= 11 is 5.84. The van der Waals surface area contributed by atoms with Gasteiger partial charge in [-0.2, -0.15) is 0 Å². The third-order valence-corrected chi connectivity index (χ3v) is 3.77. The van der Waals surface area contributed by atoms with Gasteiger partial charge in [-0.1, -0.05) is 6.92 Å². The molecule has 0 saturated heterocycles. The number of hydrogen-bond acceptors (Lipinski definition) is 4. The van der Waals surface area contributed by atoms with Gasteiger partial charge in [0.05, 0.1) is 0 Å². The van der Waals surface area contributed by atoms with Crippen LogP contribution in [0, 0.1) is 0 Å². The van der Waals surface area contributed by atoms with Crippen LogP contribution >= 0.6 is 11.6 Å². The lowest BCUT2D eigenvalue weighted by Gasteiger charge is -2.17. The van der Waals surface area contributed by atoms with Gasteiger partial charge in [0, 0.05) is 23.5 Å². The van der Waals surface area contributed by atoms with Gasteiger partial charge in [-0.05, 0) is 36.4 Å². The van der Waals surface area contributed by atoms with Crippen LogP contribution in [0.15, 0.2) is 24.4 Å². The number of alkyl halides is 1. The minimum absolute atomic E-state index is 0.283. The summed E-state index contributed by atoms with van der Waals surface area (Å²) in [5.41, 5.74) is 0. The van der Waals surface area contributed by atoms with Crippen molar-refractivity contribution in [2.45, 2.75) is 25.8 Å². The molecule has 0 radical (unpaired) electrons. The van der Waals surface area contributed by atoms with Crippen LogP contribution in [-0.4, -0.2) is 23.7 Å². The summed E-state index contributed by atoms with van der Waals surface area (Å²) in [4.78, 5) is 4.45. The fraction of sp³-hybridized carbons (Fsp3) is 0.400. The van der Waals surface area contributed by atoms with Gasteiger partial charge < -0.3 is 14.8 Å². The molecule has 0 amide bonds. The lowest BCUT2D eigenvalue weighted by atomic mass is 10.1. The Balaban J connectivity index is 1.98. The van der Waals surface area contributed by atoms with E-state index >= 15 is 0 Å². The first-order chi connectivity index (χ1) is 9.81. The van der Waals surface area contributed by atoms with Crippen LogP contribution in [0.5, 0.6) is 11.5 Å². The molecule has 2 aromatic rings. The quantitative estimate of drug-likeness (QED) is 0.852. The molecule has 1 aromatic carbocycles. The fourth-order valence-corrected chi connectivity index (χ4v) is 2.64. The number of halogens is 1. The van der Waals surface area contributed by atoms with Crippen molar-refractivity contribution in [1.29, 1.82) is 0 Å². The predicted molar refractivity (Wildman–Crippen MR) is 80.9 cm³/mol. The number of rotatable bonds is 5. The normalized spacial score (nSPS) is 14.5. The Bertz CT molecular complexity index is 618. The average Bonchev–Trinajstić information content (AvgIpc) is 2.92. The van der Waals surface area contributed by atoms with Crippen molar-refractivity contribution in [2.24, 2.45) is 0 Å². The molecule has 106 valence electrons. The second kappa shape index (κ2) is 5.75. The summed E-state index contributed by atoms with van der Waals surface area (Å²) in [7, 11) is 0. The third-order valence-electron chi connectivity index (χ3n) is 3.55. The van der Waals surface area contributed by atoms with E-state index in [1.165, 1.54) is 0 Å². The number of nitrogens with zero attached hydrogens (tertiary/aromatic N) is 1. The zero-order valence-electron chi connectivity index (χ0n) is 11.4. The van der Waals surface area contributed by atoms with Crippen LogP contribution in [0.25, 0.3) is 10.8 Å².